The number of nitrogens with zero attached hydrogens (tertiary/aromatic N) is 3. The molecule has 1 aliphatic rings. The molecule has 2 aromatic heterocycles. The molecule has 2 heterocycles. The monoisotopic (exact) mass is 368 g/mol. The van der Waals surface area contributed by atoms with Crippen LogP contribution in [0.2, 0.25) is 0 Å². The molecule has 0 saturated carbocycles. The van der Waals surface area contributed by atoms with Gasteiger partial charge in [-0.2, -0.15) is 4.52 Å². The van der Waals surface area contributed by atoms with Crippen LogP contribution in [0.25, 0.3) is 4.96 Å². The van der Waals surface area contributed by atoms with Gasteiger partial charge in [0, 0.05) is 11.8 Å². The van der Waals surface area contributed by atoms with Gasteiger partial charge in [0.25, 0.3) is 5.56 Å². The van der Waals surface area contributed by atoms with E-state index in [1.165, 1.54) is 33.4 Å². The van der Waals surface area contributed by atoms with Crippen LogP contribution in [0.3, 0.4) is 0 Å². The molecule has 1 atom stereocenters. The van der Waals surface area contributed by atoms with Crippen LogP contribution < -0.4 is 10.9 Å². The Labute approximate surface area is 157 Å². The fourth-order valence-corrected chi connectivity index (χ4v) is 4.59. The molecule has 26 heavy (non-hydrogen) atoms. The van der Waals surface area contributed by atoms with Gasteiger partial charge in [-0.1, -0.05) is 56.4 Å². The third-order valence-corrected chi connectivity index (χ3v) is 6.06. The van der Waals surface area contributed by atoms with Gasteiger partial charge in [-0.25, -0.2) is 4.98 Å². The number of hydrogen-bond donors (Lipinski definition) is 1. The summed E-state index contributed by atoms with van der Waals surface area (Å²) in [6.07, 6.45) is 4.05. The maximum absolute atomic E-state index is 12.3. The lowest BCUT2D eigenvalue weighted by atomic mass is 9.83. The van der Waals surface area contributed by atoms with E-state index in [1.54, 1.807) is 6.07 Å². The Kier molecular flexibility index (Phi) is 4.31. The Morgan fingerprint density at radius 3 is 2.96 bits per heavy atom. The lowest BCUT2D eigenvalue weighted by Crippen LogP contribution is -2.20. The van der Waals surface area contributed by atoms with Crippen molar-refractivity contribution >= 4 is 21.4 Å². The van der Waals surface area contributed by atoms with Gasteiger partial charge in [-0.3, -0.25) is 4.79 Å². The molecule has 3 aromatic rings. The van der Waals surface area contributed by atoms with Crippen LogP contribution in [0.5, 0.6) is 0 Å². The van der Waals surface area contributed by atoms with E-state index in [4.69, 9.17) is 0 Å². The number of fused-ring (bicyclic) bond motifs is 2. The van der Waals surface area contributed by atoms with Crippen molar-refractivity contribution in [3.63, 3.8) is 0 Å². The summed E-state index contributed by atoms with van der Waals surface area (Å²) in [6, 6.07) is 10.4. The smallest absolute Gasteiger partial charge is 0.275 e. The van der Waals surface area contributed by atoms with Crippen molar-refractivity contribution in [1.82, 2.24) is 14.6 Å². The summed E-state index contributed by atoms with van der Waals surface area (Å²) >= 11 is 1.45. The molecular formula is C20H24N4OS. The van der Waals surface area contributed by atoms with Gasteiger partial charge < -0.3 is 5.32 Å². The Balaban J connectivity index is 1.72. The fraction of sp³-hybridized carbons (Fsp3) is 0.450. The summed E-state index contributed by atoms with van der Waals surface area (Å²) in [4.78, 5) is 17.4. The van der Waals surface area contributed by atoms with E-state index in [-0.39, 0.29) is 17.0 Å². The first kappa shape index (κ1) is 17.2. The third kappa shape index (κ3) is 3.26. The number of aromatic nitrogens is 3. The quantitative estimate of drug-likeness (QED) is 0.703. The predicted octanol–water partition coefficient (Wildman–Crippen LogP) is 4.23. The van der Waals surface area contributed by atoms with E-state index >= 15 is 0 Å². The molecule has 136 valence electrons. The van der Waals surface area contributed by atoms with Gasteiger partial charge >= 0.3 is 0 Å². The van der Waals surface area contributed by atoms with E-state index in [9.17, 15) is 4.79 Å². The summed E-state index contributed by atoms with van der Waals surface area (Å²) in [5.41, 5.74) is 3.69. The molecule has 6 heteroatoms. The van der Waals surface area contributed by atoms with Gasteiger partial charge in [0.1, 0.15) is 0 Å². The Morgan fingerprint density at radius 2 is 2.15 bits per heavy atom. The van der Waals surface area contributed by atoms with Gasteiger partial charge in [0.05, 0.1) is 6.04 Å². The second-order valence-electron chi connectivity index (χ2n) is 7.80. The summed E-state index contributed by atoms with van der Waals surface area (Å²) in [6.45, 7) is 6.65. The molecule has 0 spiro atoms. The van der Waals surface area contributed by atoms with Crippen LogP contribution >= 0.6 is 11.3 Å². The van der Waals surface area contributed by atoms with Crippen molar-refractivity contribution in [1.29, 1.82) is 0 Å². The standard InChI is InChI=1S/C20H24N4OS/c1-4-14-11-17(25)24-19(21-14)26-18(23-24)22-16-12-20(2,3)10-9-13-7-5-6-8-15(13)16/h5-8,11,16H,4,9-10,12H2,1-3H3,(H,22,23)/t16-/m1/s1. The number of anilines is 1. The van der Waals surface area contributed by atoms with Crippen molar-refractivity contribution in [3.8, 4) is 0 Å². The zero-order chi connectivity index (χ0) is 18.3. The normalized spacial score (nSPS) is 19.1. The minimum absolute atomic E-state index is 0.113. The average molecular weight is 369 g/mol. The SMILES string of the molecule is CCc1cc(=O)n2nc(N[C@@H]3CC(C)(C)CCc4ccccc43)sc2n1. The van der Waals surface area contributed by atoms with Crippen LogP contribution in [0.4, 0.5) is 5.13 Å². The number of nitrogens with one attached hydrogen (secondary N) is 1. The van der Waals surface area contributed by atoms with Crippen molar-refractivity contribution in [3.05, 3.63) is 57.5 Å². The van der Waals surface area contributed by atoms with E-state index < -0.39 is 0 Å². The van der Waals surface area contributed by atoms with Crippen LogP contribution in [-0.2, 0) is 12.8 Å². The summed E-state index contributed by atoms with van der Waals surface area (Å²) < 4.78 is 1.40. The lowest BCUT2D eigenvalue weighted by molar-refractivity contribution is 0.300. The highest BCUT2D eigenvalue weighted by molar-refractivity contribution is 7.20. The first-order valence-corrected chi connectivity index (χ1v) is 10.0. The largest absolute Gasteiger partial charge is 0.353 e. The zero-order valence-electron chi connectivity index (χ0n) is 15.5. The molecule has 1 aromatic carbocycles. The number of hydrogen-bond acceptors (Lipinski definition) is 5. The molecule has 0 bridgehead atoms. The van der Waals surface area contributed by atoms with Crippen LogP contribution in [-0.4, -0.2) is 14.6 Å². The predicted molar refractivity (Wildman–Crippen MR) is 106 cm³/mol. The summed E-state index contributed by atoms with van der Waals surface area (Å²) in [5, 5.41) is 8.83. The molecule has 0 saturated heterocycles. The molecule has 0 fully saturated rings. The molecule has 4 rings (SSSR count). The van der Waals surface area contributed by atoms with Gasteiger partial charge in [-0.05, 0) is 42.2 Å². The molecule has 0 aliphatic heterocycles. The van der Waals surface area contributed by atoms with Crippen molar-refractivity contribution in [2.75, 3.05) is 5.32 Å². The molecule has 1 N–H and O–H groups in total. The second kappa shape index (κ2) is 6.50. The highest BCUT2D eigenvalue weighted by atomic mass is 32.1. The van der Waals surface area contributed by atoms with E-state index in [1.807, 2.05) is 6.92 Å². The van der Waals surface area contributed by atoms with Crippen LogP contribution in [0, 0.1) is 5.41 Å². The summed E-state index contributed by atoms with van der Waals surface area (Å²) in [7, 11) is 0. The lowest BCUT2D eigenvalue weighted by Gasteiger charge is -2.27. The average Bonchev–Trinajstić information content (AvgIpc) is 2.97. The van der Waals surface area contributed by atoms with Gasteiger partial charge in [-0.15, -0.1) is 5.10 Å². The molecular weight excluding hydrogens is 344 g/mol. The van der Waals surface area contributed by atoms with Crippen molar-refractivity contribution in [2.24, 2.45) is 5.41 Å². The summed E-state index contributed by atoms with van der Waals surface area (Å²) in [5.74, 6) is 0. The maximum Gasteiger partial charge on any atom is 0.275 e. The van der Waals surface area contributed by atoms with E-state index in [0.717, 1.165) is 30.1 Å². The van der Waals surface area contributed by atoms with Crippen LogP contribution in [0.1, 0.15) is 56.5 Å². The Hall–Kier alpha value is -2.21. The minimum atomic E-state index is -0.113. The molecule has 0 radical (unpaired) electrons. The Morgan fingerprint density at radius 1 is 1.35 bits per heavy atom. The molecule has 1 aliphatic carbocycles. The Bertz CT molecular complexity index is 1000. The third-order valence-electron chi connectivity index (χ3n) is 5.22. The van der Waals surface area contributed by atoms with E-state index in [2.05, 4.69) is 53.5 Å². The molecule has 0 unspecified atom stereocenters. The number of aryl methyl sites for hydroxylation is 2. The highest BCUT2D eigenvalue weighted by Gasteiger charge is 2.30. The highest BCUT2D eigenvalue weighted by Crippen LogP contribution is 2.41. The first-order chi connectivity index (χ1) is 12.4. The van der Waals surface area contributed by atoms with E-state index in [0.29, 0.717) is 4.96 Å². The second-order valence-corrected chi connectivity index (χ2v) is 8.76. The zero-order valence-corrected chi connectivity index (χ0v) is 16.3. The van der Waals surface area contributed by atoms with Gasteiger partial charge in [0.15, 0.2) is 0 Å². The molecule has 0 amide bonds. The number of benzene rings is 1. The topological polar surface area (TPSA) is 59.3 Å². The van der Waals surface area contributed by atoms with Crippen molar-refractivity contribution < 1.29 is 0 Å². The van der Waals surface area contributed by atoms with Crippen LogP contribution in [0.15, 0.2) is 35.1 Å². The fourth-order valence-electron chi connectivity index (χ4n) is 3.71. The van der Waals surface area contributed by atoms with Crippen molar-refractivity contribution in [2.45, 2.75) is 52.5 Å². The number of rotatable bonds is 3. The minimum Gasteiger partial charge on any atom is -0.353 e. The first-order valence-electron chi connectivity index (χ1n) is 9.19. The van der Waals surface area contributed by atoms with Gasteiger partial charge in [0.2, 0.25) is 10.1 Å². The maximum atomic E-state index is 12.3. The molecule has 5 nitrogen and oxygen atoms in total.